The topological polar surface area (TPSA) is 90.3 Å². The quantitative estimate of drug-likeness (QED) is 0.623. The van der Waals surface area contributed by atoms with E-state index in [1.54, 1.807) is 34.9 Å². The van der Waals surface area contributed by atoms with Crippen LogP contribution in [0.4, 0.5) is 5.69 Å². The molecule has 0 fully saturated rings. The predicted octanol–water partition coefficient (Wildman–Crippen LogP) is 3.88. The fraction of sp³-hybridized carbons (Fsp3) is 0.304. The van der Waals surface area contributed by atoms with Gasteiger partial charge in [-0.1, -0.05) is 24.1 Å². The van der Waals surface area contributed by atoms with Gasteiger partial charge in [-0.3, -0.25) is 14.2 Å². The van der Waals surface area contributed by atoms with Crippen LogP contribution in [0.5, 0.6) is 0 Å². The van der Waals surface area contributed by atoms with Gasteiger partial charge in [-0.2, -0.15) is 0 Å². The molecular formula is C23H22ClN3O4. The second-order valence-electron chi connectivity index (χ2n) is 7.61. The minimum absolute atomic E-state index is 0.0851. The number of carbonyl (C=O) groups is 2. The maximum atomic E-state index is 12.8. The first-order chi connectivity index (χ1) is 14.9. The number of rotatable bonds is 4. The van der Waals surface area contributed by atoms with E-state index >= 15 is 0 Å². The van der Waals surface area contributed by atoms with Gasteiger partial charge >= 0.3 is 5.97 Å². The summed E-state index contributed by atoms with van der Waals surface area (Å²) in [7, 11) is 0. The fourth-order valence-electron chi connectivity index (χ4n) is 3.67. The minimum Gasteiger partial charge on any atom is -0.452 e. The zero-order valence-corrected chi connectivity index (χ0v) is 17.9. The van der Waals surface area contributed by atoms with Crippen LogP contribution in [-0.2, 0) is 22.5 Å². The van der Waals surface area contributed by atoms with Crippen molar-refractivity contribution in [2.24, 2.45) is 0 Å². The first-order valence-corrected chi connectivity index (χ1v) is 10.6. The largest absolute Gasteiger partial charge is 0.452 e. The number of anilines is 1. The summed E-state index contributed by atoms with van der Waals surface area (Å²) < 4.78 is 6.88. The standard InChI is InChI=1S/C23H22ClN3O4/c1-14-6-8-16(24)12-18(14)26-21(28)13-31-23(30)15-7-9-17-19(11-15)25-20-5-3-2-4-10-27(20)22(17)29/h6-9,11-12H,2-5,10,13H2,1H3,(H,26,28). The first-order valence-electron chi connectivity index (χ1n) is 10.2. The number of hydrogen-bond acceptors (Lipinski definition) is 5. The number of esters is 1. The zero-order chi connectivity index (χ0) is 22.0. The lowest BCUT2D eigenvalue weighted by Crippen LogP contribution is -2.25. The Bertz CT molecular complexity index is 1240. The van der Waals surface area contributed by atoms with Crippen LogP contribution in [-0.4, -0.2) is 28.0 Å². The van der Waals surface area contributed by atoms with Crippen molar-refractivity contribution in [1.29, 1.82) is 0 Å². The second kappa shape index (κ2) is 8.89. The number of nitrogens with zero attached hydrogens (tertiary/aromatic N) is 2. The molecule has 4 rings (SSSR count). The number of aryl methyl sites for hydroxylation is 2. The van der Waals surface area contributed by atoms with Crippen molar-refractivity contribution in [2.45, 2.75) is 39.2 Å². The van der Waals surface area contributed by atoms with Crippen molar-refractivity contribution in [3.8, 4) is 0 Å². The van der Waals surface area contributed by atoms with Crippen molar-refractivity contribution in [2.75, 3.05) is 11.9 Å². The Morgan fingerprint density at radius 1 is 1.16 bits per heavy atom. The first kappa shape index (κ1) is 21.1. The number of fused-ring (bicyclic) bond motifs is 2. The molecule has 3 aromatic rings. The van der Waals surface area contributed by atoms with Gasteiger partial charge in [-0.25, -0.2) is 9.78 Å². The molecule has 0 saturated heterocycles. The molecule has 160 valence electrons. The Morgan fingerprint density at radius 3 is 2.84 bits per heavy atom. The molecule has 0 bridgehead atoms. The van der Waals surface area contributed by atoms with Crippen LogP contribution in [0.3, 0.4) is 0 Å². The van der Waals surface area contributed by atoms with Crippen molar-refractivity contribution in [3.63, 3.8) is 0 Å². The molecule has 1 aromatic heterocycles. The second-order valence-corrected chi connectivity index (χ2v) is 8.05. The molecule has 0 spiro atoms. The summed E-state index contributed by atoms with van der Waals surface area (Å²) in [5, 5.41) is 3.64. The monoisotopic (exact) mass is 439 g/mol. The summed E-state index contributed by atoms with van der Waals surface area (Å²) in [4.78, 5) is 42.0. The lowest BCUT2D eigenvalue weighted by atomic mass is 10.1. The van der Waals surface area contributed by atoms with E-state index in [-0.39, 0.29) is 11.1 Å². The van der Waals surface area contributed by atoms with Crippen LogP contribution >= 0.6 is 11.6 Å². The highest BCUT2D eigenvalue weighted by Gasteiger charge is 2.17. The Balaban J connectivity index is 1.48. The molecule has 0 radical (unpaired) electrons. The van der Waals surface area contributed by atoms with Gasteiger partial charge in [0.25, 0.3) is 11.5 Å². The number of amides is 1. The van der Waals surface area contributed by atoms with E-state index in [0.717, 1.165) is 37.1 Å². The van der Waals surface area contributed by atoms with Gasteiger partial charge in [0, 0.05) is 23.7 Å². The van der Waals surface area contributed by atoms with E-state index in [1.165, 1.54) is 6.07 Å². The third kappa shape index (κ3) is 4.61. The van der Waals surface area contributed by atoms with E-state index in [2.05, 4.69) is 10.3 Å². The molecule has 8 heteroatoms. The summed E-state index contributed by atoms with van der Waals surface area (Å²) in [6, 6.07) is 9.81. The van der Waals surface area contributed by atoms with E-state index in [9.17, 15) is 14.4 Å². The van der Waals surface area contributed by atoms with E-state index < -0.39 is 18.5 Å². The highest BCUT2D eigenvalue weighted by molar-refractivity contribution is 6.31. The van der Waals surface area contributed by atoms with Crippen LogP contribution in [0.1, 0.15) is 41.0 Å². The molecule has 2 aromatic carbocycles. The van der Waals surface area contributed by atoms with Gasteiger partial charge < -0.3 is 10.1 Å². The number of carbonyl (C=O) groups excluding carboxylic acids is 2. The van der Waals surface area contributed by atoms with Crippen molar-refractivity contribution >= 4 is 40.1 Å². The normalized spacial score (nSPS) is 13.4. The zero-order valence-electron chi connectivity index (χ0n) is 17.1. The lowest BCUT2D eigenvalue weighted by Gasteiger charge is -2.11. The summed E-state index contributed by atoms with van der Waals surface area (Å²) in [5.41, 5.74) is 2.02. The van der Waals surface area contributed by atoms with Gasteiger partial charge in [-0.15, -0.1) is 0 Å². The number of ether oxygens (including phenoxy) is 1. The fourth-order valence-corrected chi connectivity index (χ4v) is 3.85. The summed E-state index contributed by atoms with van der Waals surface area (Å²) >= 11 is 5.95. The van der Waals surface area contributed by atoms with Crippen LogP contribution in [0.15, 0.2) is 41.2 Å². The molecule has 2 heterocycles. The van der Waals surface area contributed by atoms with Gasteiger partial charge in [0.2, 0.25) is 0 Å². The number of benzene rings is 2. The predicted molar refractivity (Wildman–Crippen MR) is 119 cm³/mol. The van der Waals surface area contributed by atoms with Crippen molar-refractivity contribution in [1.82, 2.24) is 9.55 Å². The highest BCUT2D eigenvalue weighted by Crippen LogP contribution is 2.20. The lowest BCUT2D eigenvalue weighted by molar-refractivity contribution is -0.119. The Kier molecular flexibility index (Phi) is 6.04. The molecule has 0 atom stereocenters. The Morgan fingerprint density at radius 2 is 2.00 bits per heavy atom. The van der Waals surface area contributed by atoms with Crippen molar-refractivity contribution in [3.05, 3.63) is 68.7 Å². The third-order valence-corrected chi connectivity index (χ3v) is 5.60. The van der Waals surface area contributed by atoms with Crippen LogP contribution in [0.25, 0.3) is 10.9 Å². The number of hydrogen-bond donors (Lipinski definition) is 1. The summed E-state index contributed by atoms with van der Waals surface area (Å²) in [5.74, 6) is -0.380. The van der Waals surface area contributed by atoms with Crippen LogP contribution in [0.2, 0.25) is 5.02 Å². The molecule has 7 nitrogen and oxygen atoms in total. The molecular weight excluding hydrogens is 418 g/mol. The molecule has 0 unspecified atom stereocenters. The van der Waals surface area contributed by atoms with Crippen molar-refractivity contribution < 1.29 is 14.3 Å². The average molecular weight is 440 g/mol. The Labute approximate surface area is 184 Å². The SMILES string of the molecule is Cc1ccc(Cl)cc1NC(=O)COC(=O)c1ccc2c(=O)n3c(nc2c1)CCCCC3. The van der Waals surface area contributed by atoms with Crippen LogP contribution < -0.4 is 10.9 Å². The summed E-state index contributed by atoms with van der Waals surface area (Å²) in [6.45, 7) is 2.06. The maximum absolute atomic E-state index is 12.8. The van der Waals surface area contributed by atoms with E-state index in [4.69, 9.17) is 16.3 Å². The molecule has 1 aliphatic heterocycles. The Hall–Kier alpha value is -3.19. The average Bonchev–Trinajstić information content (AvgIpc) is 3.00. The van der Waals surface area contributed by atoms with Gasteiger partial charge in [0.05, 0.1) is 16.5 Å². The van der Waals surface area contributed by atoms with E-state index in [1.807, 2.05) is 6.92 Å². The van der Waals surface area contributed by atoms with Gasteiger partial charge in [0.1, 0.15) is 5.82 Å². The van der Waals surface area contributed by atoms with Gasteiger partial charge in [-0.05, 0) is 55.7 Å². The molecule has 31 heavy (non-hydrogen) atoms. The molecule has 0 saturated carbocycles. The van der Waals surface area contributed by atoms with E-state index in [0.29, 0.717) is 28.2 Å². The van der Waals surface area contributed by atoms with Crippen LogP contribution in [0, 0.1) is 6.92 Å². The molecule has 1 N–H and O–H groups in total. The molecule has 1 aliphatic rings. The highest BCUT2D eigenvalue weighted by atomic mass is 35.5. The number of halogens is 1. The minimum atomic E-state index is -0.656. The van der Waals surface area contributed by atoms with Gasteiger partial charge in [0.15, 0.2) is 6.61 Å². The number of aromatic nitrogens is 2. The molecule has 0 aliphatic carbocycles. The number of nitrogens with one attached hydrogen (secondary N) is 1. The summed E-state index contributed by atoms with van der Waals surface area (Å²) in [6.07, 6.45) is 3.75. The molecule has 1 amide bonds. The third-order valence-electron chi connectivity index (χ3n) is 5.36. The maximum Gasteiger partial charge on any atom is 0.338 e. The smallest absolute Gasteiger partial charge is 0.338 e.